The Balaban J connectivity index is 1.48. The van der Waals surface area contributed by atoms with Gasteiger partial charge in [0.05, 0.1) is 31.1 Å². The Labute approximate surface area is 172 Å². The number of amides is 2. The van der Waals surface area contributed by atoms with E-state index in [1.54, 1.807) is 12.4 Å². The van der Waals surface area contributed by atoms with E-state index in [-0.39, 0.29) is 23.6 Å². The smallest absolute Gasteiger partial charge is 0.416 e. The van der Waals surface area contributed by atoms with Gasteiger partial charge in [-0.1, -0.05) is 0 Å². The van der Waals surface area contributed by atoms with Crippen molar-refractivity contribution in [3.8, 4) is 5.75 Å². The third-order valence-corrected chi connectivity index (χ3v) is 5.02. The van der Waals surface area contributed by atoms with Crippen LogP contribution in [0, 0.1) is 0 Å². The van der Waals surface area contributed by atoms with Crippen molar-refractivity contribution in [3.63, 3.8) is 0 Å². The number of benzene rings is 1. The van der Waals surface area contributed by atoms with E-state index in [9.17, 15) is 18.0 Å². The number of hydrogen-bond donors (Lipinski definition) is 2. The topological polar surface area (TPSA) is 72.5 Å². The summed E-state index contributed by atoms with van der Waals surface area (Å²) < 4.78 is 49.8. The molecule has 1 aromatic carbocycles. The molecule has 1 fully saturated rings. The minimum absolute atomic E-state index is 0.0285. The summed E-state index contributed by atoms with van der Waals surface area (Å²) in [4.78, 5) is 16.3. The average Bonchev–Trinajstić information content (AvgIpc) is 2.73. The van der Waals surface area contributed by atoms with Gasteiger partial charge < -0.3 is 20.1 Å². The average molecular weight is 423 g/mol. The molecule has 6 nitrogen and oxygen atoms in total. The number of alkyl halides is 3. The van der Waals surface area contributed by atoms with Crippen molar-refractivity contribution in [2.45, 2.75) is 50.6 Å². The van der Waals surface area contributed by atoms with Crippen molar-refractivity contribution in [2.24, 2.45) is 0 Å². The minimum Gasteiger partial charge on any atom is -0.495 e. The largest absolute Gasteiger partial charge is 0.495 e. The molecule has 1 saturated carbocycles. The second-order valence-electron chi connectivity index (χ2n) is 7.15. The van der Waals surface area contributed by atoms with E-state index < -0.39 is 17.8 Å². The summed E-state index contributed by atoms with van der Waals surface area (Å²) in [7, 11) is 1.33. The van der Waals surface area contributed by atoms with Gasteiger partial charge in [0.2, 0.25) is 0 Å². The third-order valence-electron chi connectivity index (χ3n) is 5.02. The Hall–Kier alpha value is -2.81. The number of carbonyl (C=O) groups is 1. The molecule has 162 valence electrons. The first-order valence-corrected chi connectivity index (χ1v) is 9.68. The minimum atomic E-state index is -4.51. The fourth-order valence-electron chi connectivity index (χ4n) is 3.39. The predicted molar refractivity (Wildman–Crippen MR) is 105 cm³/mol. The van der Waals surface area contributed by atoms with Crippen LogP contribution in [0.15, 0.2) is 42.7 Å². The highest BCUT2D eigenvalue weighted by atomic mass is 19.4. The SMILES string of the molecule is COc1ccc(C(F)(F)F)cc1NC(=O)N[C@H]1CC[C@H](OCc2ccncc2)CC1. The van der Waals surface area contributed by atoms with Crippen LogP contribution in [-0.4, -0.2) is 30.3 Å². The van der Waals surface area contributed by atoms with Gasteiger partial charge in [-0.3, -0.25) is 4.98 Å². The Morgan fingerprint density at radius 1 is 1.13 bits per heavy atom. The maximum Gasteiger partial charge on any atom is 0.416 e. The molecule has 0 saturated heterocycles. The van der Waals surface area contributed by atoms with Crippen LogP contribution in [0.4, 0.5) is 23.7 Å². The normalized spacial score (nSPS) is 19.2. The van der Waals surface area contributed by atoms with Gasteiger partial charge in [-0.2, -0.15) is 13.2 Å². The fraction of sp³-hybridized carbons (Fsp3) is 0.429. The summed E-state index contributed by atoms with van der Waals surface area (Å²) in [6.45, 7) is 0.515. The van der Waals surface area contributed by atoms with Crippen molar-refractivity contribution >= 4 is 11.7 Å². The Bertz CT molecular complexity index is 838. The molecule has 0 bridgehead atoms. The van der Waals surface area contributed by atoms with Crippen LogP contribution < -0.4 is 15.4 Å². The number of aromatic nitrogens is 1. The molecule has 2 N–H and O–H groups in total. The molecule has 0 aliphatic heterocycles. The van der Waals surface area contributed by atoms with Crippen molar-refractivity contribution < 1.29 is 27.4 Å². The summed E-state index contributed by atoms with van der Waals surface area (Å²) in [5.41, 5.74) is 0.171. The van der Waals surface area contributed by atoms with Gasteiger partial charge in [-0.25, -0.2) is 4.79 Å². The number of hydrogen-bond acceptors (Lipinski definition) is 4. The third kappa shape index (κ3) is 6.09. The lowest BCUT2D eigenvalue weighted by molar-refractivity contribution is -0.137. The molecule has 2 amide bonds. The number of nitrogens with zero attached hydrogens (tertiary/aromatic N) is 1. The van der Waals surface area contributed by atoms with Crippen LogP contribution in [0.1, 0.15) is 36.8 Å². The molecule has 3 rings (SSSR count). The van der Waals surface area contributed by atoms with Gasteiger partial charge in [0, 0.05) is 18.4 Å². The molecule has 2 aromatic rings. The number of urea groups is 1. The maximum atomic E-state index is 12.9. The number of methoxy groups -OCH3 is 1. The van der Waals surface area contributed by atoms with Crippen LogP contribution in [0.5, 0.6) is 5.75 Å². The summed E-state index contributed by atoms with van der Waals surface area (Å²) >= 11 is 0. The van der Waals surface area contributed by atoms with E-state index in [4.69, 9.17) is 9.47 Å². The number of nitrogens with one attached hydrogen (secondary N) is 2. The zero-order valence-electron chi connectivity index (χ0n) is 16.5. The van der Waals surface area contributed by atoms with Crippen LogP contribution >= 0.6 is 0 Å². The van der Waals surface area contributed by atoms with E-state index in [0.717, 1.165) is 43.4 Å². The van der Waals surface area contributed by atoms with Crippen LogP contribution in [0.25, 0.3) is 0 Å². The molecule has 30 heavy (non-hydrogen) atoms. The first-order chi connectivity index (χ1) is 14.3. The van der Waals surface area contributed by atoms with Gasteiger partial charge in [-0.15, -0.1) is 0 Å². The Kier molecular flexibility index (Phi) is 7.15. The van der Waals surface area contributed by atoms with Crippen molar-refractivity contribution in [1.82, 2.24) is 10.3 Å². The number of ether oxygens (including phenoxy) is 2. The Morgan fingerprint density at radius 2 is 1.83 bits per heavy atom. The molecule has 0 spiro atoms. The van der Waals surface area contributed by atoms with Crippen molar-refractivity contribution in [1.29, 1.82) is 0 Å². The van der Waals surface area contributed by atoms with Crippen LogP contribution in [0.2, 0.25) is 0 Å². The number of carbonyl (C=O) groups excluding carboxylic acids is 1. The highest BCUT2D eigenvalue weighted by Gasteiger charge is 2.31. The standard InChI is InChI=1S/C21H24F3N3O3/c1-29-19-7-2-15(21(22,23)24)12-18(19)27-20(28)26-16-3-5-17(6-4-16)30-13-14-8-10-25-11-9-14/h2,7-12,16-17H,3-6,13H2,1H3,(H2,26,27,28)/t16-,17-. The van der Waals surface area contributed by atoms with Gasteiger partial charge in [0.15, 0.2) is 0 Å². The lowest BCUT2D eigenvalue weighted by Gasteiger charge is -2.29. The summed E-state index contributed by atoms with van der Waals surface area (Å²) in [6, 6.07) is 6.14. The molecule has 0 unspecified atom stereocenters. The molecule has 1 aliphatic rings. The predicted octanol–water partition coefficient (Wildman–Crippen LogP) is 4.76. The maximum absolute atomic E-state index is 12.9. The molecule has 1 heterocycles. The molecular weight excluding hydrogens is 399 g/mol. The van der Waals surface area contributed by atoms with Gasteiger partial charge >= 0.3 is 12.2 Å². The van der Waals surface area contributed by atoms with E-state index in [0.29, 0.717) is 6.61 Å². The van der Waals surface area contributed by atoms with Crippen LogP contribution in [0.3, 0.4) is 0 Å². The number of pyridine rings is 1. The van der Waals surface area contributed by atoms with Crippen molar-refractivity contribution in [2.75, 3.05) is 12.4 Å². The molecule has 9 heteroatoms. The number of rotatable bonds is 6. The monoisotopic (exact) mass is 423 g/mol. The molecule has 1 aromatic heterocycles. The molecule has 0 atom stereocenters. The zero-order chi connectivity index (χ0) is 21.6. The first-order valence-electron chi connectivity index (χ1n) is 9.68. The van der Waals surface area contributed by atoms with Gasteiger partial charge in [0.25, 0.3) is 0 Å². The number of anilines is 1. The highest BCUT2D eigenvalue weighted by Crippen LogP contribution is 2.35. The summed E-state index contributed by atoms with van der Waals surface area (Å²) in [5.74, 6) is 0.159. The van der Waals surface area contributed by atoms with E-state index in [1.165, 1.54) is 13.2 Å². The second-order valence-corrected chi connectivity index (χ2v) is 7.15. The van der Waals surface area contributed by atoms with E-state index in [1.807, 2.05) is 12.1 Å². The summed E-state index contributed by atoms with van der Waals surface area (Å²) in [6.07, 6.45) is 2.10. The zero-order valence-corrected chi connectivity index (χ0v) is 16.5. The number of halogens is 3. The first kappa shape index (κ1) is 21.9. The molecule has 1 aliphatic carbocycles. The van der Waals surface area contributed by atoms with Crippen molar-refractivity contribution in [3.05, 3.63) is 53.9 Å². The molecule has 0 radical (unpaired) electrons. The highest BCUT2D eigenvalue weighted by molar-refractivity contribution is 5.91. The lowest BCUT2D eigenvalue weighted by atomic mass is 9.93. The summed E-state index contributed by atoms with van der Waals surface area (Å²) in [5, 5.41) is 5.29. The van der Waals surface area contributed by atoms with E-state index in [2.05, 4.69) is 15.6 Å². The fourth-order valence-corrected chi connectivity index (χ4v) is 3.39. The van der Waals surface area contributed by atoms with Gasteiger partial charge in [-0.05, 0) is 61.6 Å². The molecular formula is C21H24F3N3O3. The van der Waals surface area contributed by atoms with Gasteiger partial charge in [0.1, 0.15) is 5.75 Å². The van der Waals surface area contributed by atoms with Crippen LogP contribution in [-0.2, 0) is 17.5 Å². The quantitative estimate of drug-likeness (QED) is 0.703. The lowest BCUT2D eigenvalue weighted by Crippen LogP contribution is -2.41. The second kappa shape index (κ2) is 9.80. The van der Waals surface area contributed by atoms with E-state index >= 15 is 0 Å². The Morgan fingerprint density at radius 3 is 2.47 bits per heavy atom.